The Kier molecular flexibility index (Phi) is 3.40. The van der Waals surface area contributed by atoms with Crippen LogP contribution >= 0.6 is 0 Å². The summed E-state index contributed by atoms with van der Waals surface area (Å²) in [5.41, 5.74) is 9.94. The Morgan fingerprint density at radius 3 is 2.25 bits per heavy atom. The zero-order valence-corrected chi connectivity index (χ0v) is 18.1. The molecule has 1 aromatic heterocycles. The summed E-state index contributed by atoms with van der Waals surface area (Å²) >= 11 is 0. The fourth-order valence-corrected chi connectivity index (χ4v) is 5.71. The van der Waals surface area contributed by atoms with Crippen LogP contribution in [0, 0.1) is 0 Å². The molecule has 0 amide bonds. The first-order valence-electron chi connectivity index (χ1n) is 11.2. The molecule has 32 heavy (non-hydrogen) atoms. The number of furan rings is 1. The van der Waals surface area contributed by atoms with Crippen molar-refractivity contribution in [1.29, 1.82) is 0 Å². The van der Waals surface area contributed by atoms with E-state index < -0.39 is 0 Å². The molecule has 0 aliphatic heterocycles. The molecule has 1 aliphatic rings. The lowest BCUT2D eigenvalue weighted by Crippen LogP contribution is -2.15. The Bertz CT molecular complexity index is 1700. The van der Waals surface area contributed by atoms with Crippen LogP contribution in [0.2, 0.25) is 0 Å². The van der Waals surface area contributed by atoms with Crippen LogP contribution in [0.4, 0.5) is 0 Å². The van der Waals surface area contributed by atoms with Crippen molar-refractivity contribution in [2.75, 3.05) is 0 Å². The van der Waals surface area contributed by atoms with Crippen molar-refractivity contribution in [2.24, 2.45) is 0 Å². The SMILES string of the molecule is CC1(C)c2ccccc2-c2ccc3cc(-c4ccc5oc6ccccc6c5c4)ccc3c21. The number of hydrogen-bond acceptors (Lipinski definition) is 1. The molecular weight excluding hydrogens is 388 g/mol. The summed E-state index contributed by atoms with van der Waals surface area (Å²) in [6.45, 7) is 4.70. The predicted molar refractivity (Wildman–Crippen MR) is 134 cm³/mol. The van der Waals surface area contributed by atoms with Gasteiger partial charge < -0.3 is 4.42 Å². The number of benzene rings is 5. The van der Waals surface area contributed by atoms with Gasteiger partial charge in [0.15, 0.2) is 0 Å². The van der Waals surface area contributed by atoms with Gasteiger partial charge in [-0.3, -0.25) is 0 Å². The van der Waals surface area contributed by atoms with Crippen LogP contribution in [0.5, 0.6) is 0 Å². The summed E-state index contributed by atoms with van der Waals surface area (Å²) in [5.74, 6) is 0. The number of fused-ring (bicyclic) bond motifs is 8. The Balaban J connectivity index is 1.42. The van der Waals surface area contributed by atoms with Crippen molar-refractivity contribution < 1.29 is 4.42 Å². The van der Waals surface area contributed by atoms with E-state index in [2.05, 4.69) is 98.8 Å². The first kappa shape index (κ1) is 17.8. The molecule has 0 radical (unpaired) electrons. The lowest BCUT2D eigenvalue weighted by Gasteiger charge is -2.23. The molecule has 5 aromatic carbocycles. The van der Waals surface area contributed by atoms with Crippen LogP contribution in [0.15, 0.2) is 101 Å². The van der Waals surface area contributed by atoms with Gasteiger partial charge in [-0.15, -0.1) is 0 Å². The first-order chi connectivity index (χ1) is 15.6. The predicted octanol–water partition coefficient (Wildman–Crippen LogP) is 8.71. The zero-order chi connectivity index (χ0) is 21.4. The second-order valence-corrected chi connectivity index (χ2v) is 9.40. The van der Waals surface area contributed by atoms with E-state index in [1.807, 2.05) is 12.1 Å². The van der Waals surface area contributed by atoms with Crippen molar-refractivity contribution in [3.05, 3.63) is 108 Å². The molecule has 0 atom stereocenters. The third-order valence-electron chi connectivity index (χ3n) is 7.25. The highest BCUT2D eigenvalue weighted by molar-refractivity contribution is 6.06. The standard InChI is InChI=1S/C31H22O/c1-31(2)27-9-5-3-7-23(27)25-15-12-21-17-19(11-14-22(21)30(25)31)20-13-16-29-26(18-20)24-8-4-6-10-28(24)32-29/h3-18H,1-2H3. The Labute approximate surface area is 186 Å². The number of hydrogen-bond donors (Lipinski definition) is 0. The minimum absolute atomic E-state index is 0.00156. The van der Waals surface area contributed by atoms with Gasteiger partial charge in [-0.1, -0.05) is 86.6 Å². The van der Waals surface area contributed by atoms with E-state index in [4.69, 9.17) is 4.42 Å². The van der Waals surface area contributed by atoms with E-state index >= 15 is 0 Å². The molecule has 7 rings (SSSR count). The largest absolute Gasteiger partial charge is 0.456 e. The topological polar surface area (TPSA) is 13.1 Å². The third-order valence-corrected chi connectivity index (χ3v) is 7.25. The minimum atomic E-state index is 0.00156. The average molecular weight is 411 g/mol. The van der Waals surface area contributed by atoms with Crippen LogP contribution in [0.1, 0.15) is 25.0 Å². The van der Waals surface area contributed by atoms with Gasteiger partial charge in [-0.05, 0) is 68.4 Å². The fraction of sp³-hybridized carbons (Fsp3) is 0.0968. The monoisotopic (exact) mass is 410 g/mol. The van der Waals surface area contributed by atoms with E-state index in [1.54, 1.807) is 0 Å². The molecule has 0 fully saturated rings. The van der Waals surface area contributed by atoms with Gasteiger partial charge in [-0.2, -0.15) is 0 Å². The lowest BCUT2D eigenvalue weighted by atomic mass is 9.80. The van der Waals surface area contributed by atoms with Crippen LogP contribution in [0.3, 0.4) is 0 Å². The summed E-state index contributed by atoms with van der Waals surface area (Å²) in [5, 5.41) is 4.98. The van der Waals surface area contributed by atoms with Gasteiger partial charge in [0.05, 0.1) is 0 Å². The quantitative estimate of drug-likeness (QED) is 0.264. The Morgan fingerprint density at radius 2 is 1.31 bits per heavy atom. The van der Waals surface area contributed by atoms with Crippen molar-refractivity contribution >= 4 is 32.7 Å². The molecule has 0 saturated carbocycles. The van der Waals surface area contributed by atoms with Gasteiger partial charge >= 0.3 is 0 Å². The van der Waals surface area contributed by atoms with Crippen LogP contribution < -0.4 is 0 Å². The molecule has 0 N–H and O–H groups in total. The summed E-state index contributed by atoms with van der Waals surface area (Å²) in [6, 6.07) is 35.1. The zero-order valence-electron chi connectivity index (χ0n) is 18.1. The van der Waals surface area contributed by atoms with E-state index in [9.17, 15) is 0 Å². The second kappa shape index (κ2) is 6.11. The Morgan fingerprint density at radius 1 is 0.562 bits per heavy atom. The first-order valence-corrected chi connectivity index (χ1v) is 11.2. The fourth-order valence-electron chi connectivity index (χ4n) is 5.71. The Hall–Kier alpha value is -3.84. The van der Waals surface area contributed by atoms with Gasteiger partial charge in [0.2, 0.25) is 0 Å². The van der Waals surface area contributed by atoms with Crippen LogP contribution in [0.25, 0.3) is 55.0 Å². The van der Waals surface area contributed by atoms with Crippen LogP contribution in [-0.2, 0) is 5.41 Å². The van der Waals surface area contributed by atoms with E-state index in [0.717, 1.165) is 11.2 Å². The molecular formula is C31H22O. The molecule has 152 valence electrons. The van der Waals surface area contributed by atoms with E-state index in [0.29, 0.717) is 0 Å². The lowest BCUT2D eigenvalue weighted by molar-refractivity contribution is 0.666. The molecule has 0 bridgehead atoms. The van der Waals surface area contributed by atoms with Crippen molar-refractivity contribution in [2.45, 2.75) is 19.3 Å². The molecule has 1 nitrogen and oxygen atoms in total. The molecule has 1 heterocycles. The molecule has 0 spiro atoms. The minimum Gasteiger partial charge on any atom is -0.456 e. The molecule has 6 aromatic rings. The van der Waals surface area contributed by atoms with Crippen molar-refractivity contribution in [1.82, 2.24) is 0 Å². The summed E-state index contributed by atoms with van der Waals surface area (Å²) in [7, 11) is 0. The normalized spacial score (nSPS) is 14.2. The highest BCUT2D eigenvalue weighted by Gasteiger charge is 2.36. The summed E-state index contributed by atoms with van der Waals surface area (Å²) in [6.07, 6.45) is 0. The molecule has 1 aliphatic carbocycles. The maximum Gasteiger partial charge on any atom is 0.135 e. The number of para-hydroxylation sites is 1. The van der Waals surface area contributed by atoms with E-state index in [-0.39, 0.29) is 5.41 Å². The second-order valence-electron chi connectivity index (χ2n) is 9.40. The van der Waals surface area contributed by atoms with Crippen molar-refractivity contribution in [3.63, 3.8) is 0 Å². The number of rotatable bonds is 1. The van der Waals surface area contributed by atoms with Crippen LogP contribution in [-0.4, -0.2) is 0 Å². The molecule has 0 saturated heterocycles. The molecule has 0 unspecified atom stereocenters. The van der Waals surface area contributed by atoms with Gasteiger partial charge in [0.25, 0.3) is 0 Å². The van der Waals surface area contributed by atoms with E-state index in [1.165, 1.54) is 54.9 Å². The maximum atomic E-state index is 6.02. The van der Waals surface area contributed by atoms with Gasteiger partial charge in [0, 0.05) is 16.2 Å². The summed E-state index contributed by atoms with van der Waals surface area (Å²) < 4.78 is 6.02. The smallest absolute Gasteiger partial charge is 0.135 e. The maximum absolute atomic E-state index is 6.02. The molecule has 1 heteroatoms. The summed E-state index contributed by atoms with van der Waals surface area (Å²) in [4.78, 5) is 0. The van der Waals surface area contributed by atoms with Crippen molar-refractivity contribution in [3.8, 4) is 22.3 Å². The third kappa shape index (κ3) is 2.28. The average Bonchev–Trinajstić information content (AvgIpc) is 3.31. The highest BCUT2D eigenvalue weighted by atomic mass is 16.3. The van der Waals surface area contributed by atoms with Gasteiger partial charge in [0.1, 0.15) is 11.2 Å². The highest BCUT2D eigenvalue weighted by Crippen LogP contribution is 2.51. The van der Waals surface area contributed by atoms with Gasteiger partial charge in [-0.25, -0.2) is 0 Å².